The Bertz CT molecular complexity index is 299. The van der Waals surface area contributed by atoms with Crippen LogP contribution in [-0.4, -0.2) is 5.54 Å². The second-order valence-corrected chi connectivity index (χ2v) is 4.69. The minimum absolute atomic E-state index is 0. The van der Waals surface area contributed by atoms with Gasteiger partial charge in [-0.3, -0.25) is 0 Å². The fourth-order valence-corrected chi connectivity index (χ4v) is 2.51. The SMILES string of the molecule is CC1CCCC1(N)Cc1ccccc1.Cl. The molecule has 0 aromatic heterocycles. The summed E-state index contributed by atoms with van der Waals surface area (Å²) in [5, 5.41) is 0. The molecular formula is C13H20ClN. The number of hydrogen-bond donors (Lipinski definition) is 1. The van der Waals surface area contributed by atoms with Gasteiger partial charge in [-0.05, 0) is 30.7 Å². The lowest BCUT2D eigenvalue weighted by Gasteiger charge is -2.29. The van der Waals surface area contributed by atoms with Gasteiger partial charge in [0.05, 0.1) is 0 Å². The zero-order valence-electron chi connectivity index (χ0n) is 9.28. The Morgan fingerprint density at radius 3 is 2.53 bits per heavy atom. The van der Waals surface area contributed by atoms with Crippen molar-refractivity contribution in [2.75, 3.05) is 0 Å². The normalized spacial score (nSPS) is 29.9. The van der Waals surface area contributed by atoms with E-state index >= 15 is 0 Å². The molecule has 1 aliphatic carbocycles. The predicted molar refractivity (Wildman–Crippen MR) is 67.3 cm³/mol. The molecular weight excluding hydrogens is 206 g/mol. The van der Waals surface area contributed by atoms with E-state index in [1.165, 1.54) is 24.8 Å². The molecule has 1 fully saturated rings. The molecule has 1 aromatic rings. The summed E-state index contributed by atoms with van der Waals surface area (Å²) in [4.78, 5) is 0. The third-order valence-corrected chi connectivity index (χ3v) is 3.64. The van der Waals surface area contributed by atoms with Gasteiger partial charge >= 0.3 is 0 Å². The molecule has 15 heavy (non-hydrogen) atoms. The molecule has 2 unspecified atom stereocenters. The molecule has 1 nitrogen and oxygen atoms in total. The van der Waals surface area contributed by atoms with Crippen molar-refractivity contribution < 1.29 is 0 Å². The summed E-state index contributed by atoms with van der Waals surface area (Å²) < 4.78 is 0. The largest absolute Gasteiger partial charge is 0.325 e. The summed E-state index contributed by atoms with van der Waals surface area (Å²) in [7, 11) is 0. The Kier molecular flexibility index (Phi) is 4.18. The first kappa shape index (κ1) is 12.5. The smallest absolute Gasteiger partial charge is 0.0221 e. The van der Waals surface area contributed by atoms with Crippen molar-refractivity contribution in [1.29, 1.82) is 0 Å². The van der Waals surface area contributed by atoms with Gasteiger partial charge < -0.3 is 5.73 Å². The lowest BCUT2D eigenvalue weighted by atomic mass is 9.83. The topological polar surface area (TPSA) is 26.0 Å². The van der Waals surface area contributed by atoms with Crippen LogP contribution in [0.1, 0.15) is 31.7 Å². The van der Waals surface area contributed by atoms with Gasteiger partial charge in [0.15, 0.2) is 0 Å². The van der Waals surface area contributed by atoms with Crippen LogP contribution >= 0.6 is 12.4 Å². The van der Waals surface area contributed by atoms with E-state index in [9.17, 15) is 0 Å². The first-order valence-corrected chi connectivity index (χ1v) is 5.53. The van der Waals surface area contributed by atoms with Gasteiger partial charge in [0.2, 0.25) is 0 Å². The maximum Gasteiger partial charge on any atom is 0.0221 e. The molecule has 0 bridgehead atoms. The molecule has 2 rings (SSSR count). The van der Waals surface area contributed by atoms with Crippen LogP contribution < -0.4 is 5.73 Å². The van der Waals surface area contributed by atoms with Gasteiger partial charge in [-0.1, -0.05) is 43.7 Å². The van der Waals surface area contributed by atoms with Crippen LogP contribution in [0.25, 0.3) is 0 Å². The van der Waals surface area contributed by atoms with Crippen molar-refractivity contribution in [3.63, 3.8) is 0 Å². The minimum atomic E-state index is 0. The Balaban J connectivity index is 0.00000112. The lowest BCUT2D eigenvalue weighted by Crippen LogP contribution is -2.44. The number of halogens is 1. The van der Waals surface area contributed by atoms with Crippen LogP contribution in [0.15, 0.2) is 30.3 Å². The standard InChI is InChI=1S/C13H19N.ClH/c1-11-6-5-9-13(11,14)10-12-7-3-2-4-8-12;/h2-4,7-8,11H,5-6,9-10,14H2,1H3;1H. The zero-order chi connectivity index (χ0) is 10.0. The second kappa shape index (κ2) is 5.00. The molecule has 0 saturated heterocycles. The van der Waals surface area contributed by atoms with Gasteiger partial charge in [0, 0.05) is 5.54 Å². The Morgan fingerprint density at radius 1 is 1.33 bits per heavy atom. The molecule has 2 N–H and O–H groups in total. The first-order chi connectivity index (χ1) is 6.71. The first-order valence-electron chi connectivity index (χ1n) is 5.53. The minimum Gasteiger partial charge on any atom is -0.325 e. The quantitative estimate of drug-likeness (QED) is 0.822. The Hall–Kier alpha value is -0.530. The molecule has 0 aliphatic heterocycles. The molecule has 1 aromatic carbocycles. The Morgan fingerprint density at radius 2 is 2.00 bits per heavy atom. The van der Waals surface area contributed by atoms with E-state index in [1.54, 1.807) is 0 Å². The number of rotatable bonds is 2. The zero-order valence-corrected chi connectivity index (χ0v) is 10.1. The van der Waals surface area contributed by atoms with Crippen LogP contribution in [0.2, 0.25) is 0 Å². The van der Waals surface area contributed by atoms with Crippen molar-refractivity contribution >= 4 is 12.4 Å². The van der Waals surface area contributed by atoms with Gasteiger partial charge in [-0.2, -0.15) is 0 Å². The van der Waals surface area contributed by atoms with Gasteiger partial charge in [-0.15, -0.1) is 12.4 Å². The van der Waals surface area contributed by atoms with Crippen LogP contribution in [0, 0.1) is 5.92 Å². The molecule has 0 radical (unpaired) electrons. The fourth-order valence-electron chi connectivity index (χ4n) is 2.51. The molecule has 2 atom stereocenters. The highest BCUT2D eigenvalue weighted by atomic mass is 35.5. The van der Waals surface area contributed by atoms with E-state index in [1.807, 2.05) is 0 Å². The third-order valence-electron chi connectivity index (χ3n) is 3.64. The molecule has 1 saturated carbocycles. The van der Waals surface area contributed by atoms with E-state index in [4.69, 9.17) is 5.73 Å². The van der Waals surface area contributed by atoms with Crippen molar-refractivity contribution in [1.82, 2.24) is 0 Å². The van der Waals surface area contributed by atoms with Crippen LogP contribution in [0.5, 0.6) is 0 Å². The summed E-state index contributed by atoms with van der Waals surface area (Å²) in [6.07, 6.45) is 4.81. The number of hydrogen-bond acceptors (Lipinski definition) is 1. The predicted octanol–water partition coefficient (Wildman–Crippen LogP) is 3.17. The average Bonchev–Trinajstić information content (AvgIpc) is 2.48. The van der Waals surface area contributed by atoms with Crippen molar-refractivity contribution in [3.8, 4) is 0 Å². The summed E-state index contributed by atoms with van der Waals surface area (Å²) in [5.41, 5.74) is 7.87. The van der Waals surface area contributed by atoms with Crippen molar-refractivity contribution in [3.05, 3.63) is 35.9 Å². The summed E-state index contributed by atoms with van der Waals surface area (Å²) in [6, 6.07) is 10.6. The maximum atomic E-state index is 6.43. The monoisotopic (exact) mass is 225 g/mol. The highest BCUT2D eigenvalue weighted by Gasteiger charge is 2.36. The number of nitrogens with two attached hydrogens (primary N) is 1. The summed E-state index contributed by atoms with van der Waals surface area (Å²) >= 11 is 0. The average molecular weight is 226 g/mol. The van der Waals surface area contributed by atoms with Gasteiger partial charge in [-0.25, -0.2) is 0 Å². The van der Waals surface area contributed by atoms with E-state index in [0.29, 0.717) is 5.92 Å². The van der Waals surface area contributed by atoms with E-state index in [2.05, 4.69) is 37.3 Å². The maximum absolute atomic E-state index is 6.43. The van der Waals surface area contributed by atoms with E-state index in [-0.39, 0.29) is 17.9 Å². The van der Waals surface area contributed by atoms with Gasteiger partial charge in [0.1, 0.15) is 0 Å². The molecule has 1 aliphatic rings. The fraction of sp³-hybridized carbons (Fsp3) is 0.538. The highest BCUT2D eigenvalue weighted by Crippen LogP contribution is 2.35. The highest BCUT2D eigenvalue weighted by molar-refractivity contribution is 5.85. The van der Waals surface area contributed by atoms with Crippen LogP contribution in [-0.2, 0) is 6.42 Å². The lowest BCUT2D eigenvalue weighted by molar-refractivity contribution is 0.336. The van der Waals surface area contributed by atoms with Crippen LogP contribution in [0.3, 0.4) is 0 Å². The molecule has 0 heterocycles. The van der Waals surface area contributed by atoms with Crippen LogP contribution in [0.4, 0.5) is 0 Å². The number of benzene rings is 1. The Labute approximate surface area is 98.5 Å². The summed E-state index contributed by atoms with van der Waals surface area (Å²) in [5.74, 6) is 0.669. The molecule has 0 amide bonds. The second-order valence-electron chi connectivity index (χ2n) is 4.69. The van der Waals surface area contributed by atoms with Gasteiger partial charge in [0.25, 0.3) is 0 Å². The van der Waals surface area contributed by atoms with Crippen molar-refractivity contribution in [2.24, 2.45) is 11.7 Å². The third kappa shape index (κ3) is 2.73. The summed E-state index contributed by atoms with van der Waals surface area (Å²) in [6.45, 7) is 2.29. The molecule has 2 heteroatoms. The molecule has 84 valence electrons. The van der Waals surface area contributed by atoms with Crippen molar-refractivity contribution in [2.45, 2.75) is 38.1 Å². The van der Waals surface area contributed by atoms with E-state index < -0.39 is 0 Å². The molecule has 0 spiro atoms. The van der Waals surface area contributed by atoms with E-state index in [0.717, 1.165) is 6.42 Å².